The van der Waals surface area contributed by atoms with E-state index in [1.54, 1.807) is 11.9 Å². The number of carbonyl (C=O) groups is 2. The largest absolute Gasteiger partial charge is 0.457 e. The first-order chi connectivity index (χ1) is 30.3. The number of carbonyl (C=O) groups excluding carboxylic acids is 2. The van der Waals surface area contributed by atoms with Gasteiger partial charge in [0, 0.05) is 57.6 Å². The number of aromatic nitrogens is 5. The highest BCUT2D eigenvalue weighted by Crippen LogP contribution is 2.48. The van der Waals surface area contributed by atoms with Gasteiger partial charge in [0.1, 0.15) is 47.6 Å². The summed E-state index contributed by atoms with van der Waals surface area (Å²) in [5.74, 6) is 2.25. The Morgan fingerprint density at radius 3 is 2.33 bits per heavy atom. The van der Waals surface area contributed by atoms with E-state index in [0.29, 0.717) is 50.4 Å². The van der Waals surface area contributed by atoms with Crippen LogP contribution in [-0.2, 0) is 44.9 Å². The second kappa shape index (κ2) is 18.6. The quantitative estimate of drug-likeness (QED) is 0.0983. The van der Waals surface area contributed by atoms with Crippen LogP contribution in [-0.4, -0.2) is 84.9 Å². The van der Waals surface area contributed by atoms with Crippen LogP contribution in [0.1, 0.15) is 70.5 Å². The second-order valence-electron chi connectivity index (χ2n) is 17.8. The summed E-state index contributed by atoms with van der Waals surface area (Å²) in [6.45, 7) is 11.3. The molecule has 0 N–H and O–H groups in total. The zero-order valence-electron chi connectivity index (χ0n) is 36.9. The summed E-state index contributed by atoms with van der Waals surface area (Å²) in [4.78, 5) is 43.8. The Hall–Kier alpha value is -6.25. The number of anilines is 1. The fourth-order valence-corrected chi connectivity index (χ4v) is 8.59. The molecule has 8 rings (SSSR count). The lowest BCUT2D eigenvalue weighted by atomic mass is 10.1. The van der Waals surface area contributed by atoms with Crippen molar-refractivity contribution >= 4 is 29.0 Å². The van der Waals surface area contributed by atoms with Gasteiger partial charge in [0.05, 0.1) is 17.5 Å². The molecule has 0 radical (unpaired) electrons. The predicted octanol–water partition coefficient (Wildman–Crippen LogP) is 9.39. The number of nitrogens with zero attached hydrogens (tertiary/aromatic N) is 7. The van der Waals surface area contributed by atoms with E-state index in [0.717, 1.165) is 40.3 Å². The summed E-state index contributed by atoms with van der Waals surface area (Å²) in [7, 11) is 1.66. The fourth-order valence-electron chi connectivity index (χ4n) is 8.59. The van der Waals surface area contributed by atoms with Crippen molar-refractivity contribution < 1.29 is 33.3 Å². The molecule has 4 atom stereocenters. The first-order valence-electron chi connectivity index (χ1n) is 21.7. The Kier molecular flexibility index (Phi) is 12.8. The molecular weight excluding hydrogens is 799 g/mol. The van der Waals surface area contributed by atoms with Crippen molar-refractivity contribution in [1.29, 1.82) is 0 Å². The van der Waals surface area contributed by atoms with E-state index in [4.69, 9.17) is 28.7 Å². The third kappa shape index (κ3) is 10.5. The Morgan fingerprint density at radius 2 is 1.56 bits per heavy atom. The van der Waals surface area contributed by atoms with E-state index >= 15 is 0 Å². The molecule has 3 aromatic heterocycles. The number of benzene rings is 3. The van der Waals surface area contributed by atoms with Crippen molar-refractivity contribution in [3.63, 3.8) is 0 Å². The lowest BCUT2D eigenvalue weighted by Gasteiger charge is -2.25. The molecule has 1 saturated carbocycles. The molecule has 2 amide bonds. The monoisotopic (exact) mass is 855 g/mol. The number of hydrogen-bond acceptors (Lipinski definition) is 10. The lowest BCUT2D eigenvalue weighted by Crippen LogP contribution is -2.34. The first-order valence-corrected chi connectivity index (χ1v) is 21.7. The highest BCUT2D eigenvalue weighted by Gasteiger charge is 2.54. The molecule has 2 fully saturated rings. The molecule has 0 bridgehead atoms. The Bertz CT molecular complexity index is 2480. The summed E-state index contributed by atoms with van der Waals surface area (Å²) in [5.41, 5.74) is 2.05. The number of amides is 2. The normalized spacial score (nSPS) is 19.1. The summed E-state index contributed by atoms with van der Waals surface area (Å²) < 4.78 is 35.1. The van der Waals surface area contributed by atoms with Crippen molar-refractivity contribution in [1.82, 2.24) is 29.0 Å². The van der Waals surface area contributed by atoms with Gasteiger partial charge in [-0.15, -0.1) is 0 Å². The van der Waals surface area contributed by atoms with E-state index in [-0.39, 0.29) is 36.9 Å². The lowest BCUT2D eigenvalue weighted by molar-refractivity contribution is -0.160. The van der Waals surface area contributed by atoms with Crippen LogP contribution in [0.15, 0.2) is 116 Å². The van der Waals surface area contributed by atoms with Crippen LogP contribution in [0.2, 0.25) is 0 Å². The minimum absolute atomic E-state index is 0.0816. The van der Waals surface area contributed by atoms with E-state index in [1.807, 2.05) is 138 Å². The topological polar surface area (TPSA) is 135 Å². The Morgan fingerprint density at radius 1 is 0.825 bits per heavy atom. The van der Waals surface area contributed by atoms with Crippen LogP contribution < -0.4 is 9.64 Å². The molecule has 3 aromatic carbocycles. The molecule has 14 heteroatoms. The molecule has 6 aromatic rings. The first kappa shape index (κ1) is 43.4. The fraction of sp³-hybridized carbons (Fsp3) is 0.408. The van der Waals surface area contributed by atoms with E-state index < -0.39 is 17.5 Å². The molecule has 0 unspecified atom stereocenters. The minimum Gasteiger partial charge on any atom is -0.457 e. The van der Waals surface area contributed by atoms with Crippen LogP contribution >= 0.6 is 0 Å². The van der Waals surface area contributed by atoms with Crippen LogP contribution in [0.25, 0.3) is 11.0 Å². The predicted molar refractivity (Wildman–Crippen MR) is 239 cm³/mol. The maximum Gasteiger partial charge on any atom is 0.415 e. The van der Waals surface area contributed by atoms with Gasteiger partial charge < -0.3 is 37.7 Å². The average Bonchev–Trinajstić information content (AvgIpc) is 4.04. The summed E-state index contributed by atoms with van der Waals surface area (Å²) in [6, 6.07) is 29.3. The highest BCUT2D eigenvalue weighted by molar-refractivity contribution is 5.97. The molecule has 63 heavy (non-hydrogen) atoms. The van der Waals surface area contributed by atoms with Gasteiger partial charge in [-0.3, -0.25) is 4.90 Å². The number of fused-ring (bicyclic) bond motifs is 2. The molecule has 2 aliphatic rings. The number of hydrogen-bond donors (Lipinski definition) is 0. The number of imidazole rings is 1. The zero-order valence-corrected chi connectivity index (χ0v) is 36.9. The smallest absolute Gasteiger partial charge is 0.415 e. The van der Waals surface area contributed by atoms with E-state index in [1.165, 1.54) is 11.2 Å². The highest BCUT2D eigenvalue weighted by atomic mass is 16.8. The van der Waals surface area contributed by atoms with E-state index in [9.17, 15) is 9.59 Å². The Balaban J connectivity index is 0.941. The number of para-hydroxylation sites is 1. The van der Waals surface area contributed by atoms with Crippen molar-refractivity contribution in [2.24, 2.45) is 5.92 Å². The second-order valence-corrected chi connectivity index (χ2v) is 17.8. The number of aryl methyl sites for hydroxylation is 1. The summed E-state index contributed by atoms with van der Waals surface area (Å²) in [6.07, 6.45) is 8.85. The molecule has 0 spiro atoms. The van der Waals surface area contributed by atoms with Gasteiger partial charge in [-0.05, 0) is 95.3 Å². The van der Waals surface area contributed by atoms with Crippen LogP contribution in [0, 0.1) is 5.92 Å². The zero-order chi connectivity index (χ0) is 44.1. The standard InChI is InChI=1S/C49H57N7O7/c1-48(2,3)63-46(57)53(6)44-39-23-27-56(45(39)52-33-51-44)40-30-36(42-43(40)62-49(4,5)61-42)31-55-28-24-50-41(55)21-14-25-54(47(58)59-32-35-15-9-7-10-16-35)26-22-34-17-13-20-38(29-34)60-37-18-11-8-12-19-37/h7-13,15-20,23-24,27-29,33,36,40,42-43H,14,21-22,25-26,30-32H2,1-6H3/t36-,40-,42-,43+/m1/s1. The molecule has 1 saturated heterocycles. The third-order valence-electron chi connectivity index (χ3n) is 11.5. The molecular formula is C49H57N7O7. The number of rotatable bonds is 15. The molecule has 1 aliphatic heterocycles. The Labute approximate surface area is 368 Å². The molecule has 4 heterocycles. The van der Waals surface area contributed by atoms with Crippen LogP contribution in [0.5, 0.6) is 11.5 Å². The van der Waals surface area contributed by atoms with Gasteiger partial charge in [-0.25, -0.2) is 24.5 Å². The van der Waals surface area contributed by atoms with Gasteiger partial charge in [0.2, 0.25) is 0 Å². The van der Waals surface area contributed by atoms with Crippen LogP contribution in [0.3, 0.4) is 0 Å². The van der Waals surface area contributed by atoms with Gasteiger partial charge in [-0.2, -0.15) is 0 Å². The average molecular weight is 856 g/mol. The minimum atomic E-state index is -0.765. The molecule has 14 nitrogen and oxygen atoms in total. The van der Waals surface area contributed by atoms with Gasteiger partial charge in [-0.1, -0.05) is 60.7 Å². The van der Waals surface area contributed by atoms with Gasteiger partial charge in [0.25, 0.3) is 0 Å². The molecule has 330 valence electrons. The van der Waals surface area contributed by atoms with Gasteiger partial charge >= 0.3 is 12.2 Å². The maximum atomic E-state index is 13.6. The van der Waals surface area contributed by atoms with Crippen molar-refractivity contribution in [2.45, 2.75) is 103 Å². The maximum absolute atomic E-state index is 13.6. The van der Waals surface area contributed by atoms with Crippen LogP contribution in [0.4, 0.5) is 15.4 Å². The van der Waals surface area contributed by atoms with Crippen molar-refractivity contribution in [3.8, 4) is 11.5 Å². The summed E-state index contributed by atoms with van der Waals surface area (Å²) in [5, 5.41) is 0.740. The number of ether oxygens (including phenoxy) is 5. The summed E-state index contributed by atoms with van der Waals surface area (Å²) >= 11 is 0. The molecule has 1 aliphatic carbocycles. The van der Waals surface area contributed by atoms with E-state index in [2.05, 4.69) is 25.2 Å². The van der Waals surface area contributed by atoms with Gasteiger partial charge in [0.15, 0.2) is 11.6 Å². The third-order valence-corrected chi connectivity index (χ3v) is 11.5. The SMILES string of the molecule is CN(C(=O)OC(C)(C)C)c1ncnc2c1ccn2[C@@H]1C[C@H](Cn2ccnc2CCCN(CCc2cccc(Oc3ccccc3)c2)C(=O)OCc2ccccc2)[C@H]2OC(C)(C)O[C@H]21. The van der Waals surface area contributed by atoms with Crippen molar-refractivity contribution in [2.75, 3.05) is 25.0 Å². The van der Waals surface area contributed by atoms with Crippen molar-refractivity contribution in [3.05, 3.63) is 133 Å².